The number of nitrogens with one attached hydrogen (secondary N) is 2. The van der Waals surface area contributed by atoms with Crippen LogP contribution in [-0.4, -0.2) is 31.1 Å². The van der Waals surface area contributed by atoms with Gasteiger partial charge in [0.1, 0.15) is 0 Å². The Morgan fingerprint density at radius 2 is 1.65 bits per heavy atom. The van der Waals surface area contributed by atoms with E-state index in [0.29, 0.717) is 16.1 Å². The smallest absolute Gasteiger partial charge is 0.343 e. The fraction of sp³-hybridized carbons (Fsp3) is 0.0833. The predicted molar refractivity (Wildman–Crippen MR) is 130 cm³/mol. The van der Waals surface area contributed by atoms with Gasteiger partial charge in [-0.25, -0.2) is 10.2 Å². The van der Waals surface area contributed by atoms with Crippen molar-refractivity contribution in [3.63, 3.8) is 0 Å². The third-order valence-corrected chi connectivity index (χ3v) is 5.00. The van der Waals surface area contributed by atoms with Gasteiger partial charge in [0.25, 0.3) is 0 Å². The lowest BCUT2D eigenvalue weighted by atomic mass is 10.1. The van der Waals surface area contributed by atoms with E-state index in [1.807, 2.05) is 19.1 Å². The summed E-state index contributed by atoms with van der Waals surface area (Å²) in [6.45, 7) is 1.92. The van der Waals surface area contributed by atoms with Gasteiger partial charge in [0, 0.05) is 5.02 Å². The van der Waals surface area contributed by atoms with Crippen LogP contribution in [0.4, 0.5) is 5.69 Å². The minimum Gasteiger partial charge on any atom is -0.493 e. The first-order chi connectivity index (χ1) is 16.3. The molecule has 0 saturated heterocycles. The van der Waals surface area contributed by atoms with Gasteiger partial charge >= 0.3 is 17.8 Å². The number of carbonyl (C=O) groups excluding carboxylic acids is 3. The van der Waals surface area contributed by atoms with Gasteiger partial charge in [-0.05, 0) is 61.0 Å². The Balaban J connectivity index is 1.61. The number of anilines is 1. The van der Waals surface area contributed by atoms with Crippen molar-refractivity contribution in [3.05, 3.63) is 87.4 Å². The number of hydrogen-bond donors (Lipinski definition) is 2. The number of benzene rings is 3. The summed E-state index contributed by atoms with van der Waals surface area (Å²) in [6.07, 6.45) is 1.30. The Hall–Kier alpha value is -3.88. The SMILES string of the molecule is COc1cc(C=NNC(=O)C(=O)Nc2cc(Cl)ccc2Cl)ccc1OC(=O)c1ccc(C)cc1. The molecule has 3 aromatic rings. The molecule has 0 heterocycles. The highest BCUT2D eigenvalue weighted by molar-refractivity contribution is 6.42. The molecule has 8 nitrogen and oxygen atoms in total. The summed E-state index contributed by atoms with van der Waals surface area (Å²) in [5, 5.41) is 6.68. The van der Waals surface area contributed by atoms with Gasteiger partial charge in [-0.1, -0.05) is 40.9 Å². The predicted octanol–water partition coefficient (Wildman–Crippen LogP) is 4.62. The number of esters is 1. The number of hydrogen-bond acceptors (Lipinski definition) is 6. The van der Waals surface area contributed by atoms with E-state index < -0.39 is 17.8 Å². The van der Waals surface area contributed by atoms with E-state index in [4.69, 9.17) is 32.7 Å². The van der Waals surface area contributed by atoms with Crippen LogP contribution in [0, 0.1) is 6.92 Å². The number of aryl methyl sites for hydroxylation is 1. The topological polar surface area (TPSA) is 106 Å². The van der Waals surface area contributed by atoms with Crippen LogP contribution in [0.1, 0.15) is 21.5 Å². The summed E-state index contributed by atoms with van der Waals surface area (Å²) >= 11 is 11.8. The average Bonchev–Trinajstić information content (AvgIpc) is 2.82. The maximum absolute atomic E-state index is 12.4. The van der Waals surface area contributed by atoms with Crippen molar-refractivity contribution in [1.82, 2.24) is 5.43 Å². The molecule has 0 fully saturated rings. The van der Waals surface area contributed by atoms with Gasteiger partial charge in [0.05, 0.1) is 29.6 Å². The fourth-order valence-electron chi connectivity index (χ4n) is 2.69. The number of ether oxygens (including phenoxy) is 2. The van der Waals surface area contributed by atoms with E-state index in [0.717, 1.165) is 5.56 Å². The lowest BCUT2D eigenvalue weighted by Crippen LogP contribution is -2.32. The van der Waals surface area contributed by atoms with Gasteiger partial charge in [0.15, 0.2) is 11.5 Å². The molecule has 0 aliphatic rings. The Morgan fingerprint density at radius 1 is 0.912 bits per heavy atom. The number of rotatable bonds is 6. The van der Waals surface area contributed by atoms with Crippen LogP contribution < -0.4 is 20.2 Å². The van der Waals surface area contributed by atoms with Crippen molar-refractivity contribution >= 4 is 52.9 Å². The molecule has 3 aromatic carbocycles. The first kappa shape index (κ1) is 24.8. The van der Waals surface area contributed by atoms with Crippen molar-refractivity contribution in [2.45, 2.75) is 6.92 Å². The molecule has 3 rings (SSSR count). The third-order valence-electron chi connectivity index (χ3n) is 4.44. The molecule has 0 saturated carbocycles. The largest absolute Gasteiger partial charge is 0.493 e. The van der Waals surface area contributed by atoms with Gasteiger partial charge in [-0.15, -0.1) is 0 Å². The van der Waals surface area contributed by atoms with Crippen LogP contribution in [0.15, 0.2) is 65.8 Å². The van der Waals surface area contributed by atoms with Gasteiger partial charge in [-0.3, -0.25) is 9.59 Å². The Morgan fingerprint density at radius 3 is 2.35 bits per heavy atom. The fourth-order valence-corrected chi connectivity index (χ4v) is 3.02. The molecule has 0 radical (unpaired) electrons. The highest BCUT2D eigenvalue weighted by Gasteiger charge is 2.15. The molecule has 0 aliphatic carbocycles. The first-order valence-electron chi connectivity index (χ1n) is 9.83. The summed E-state index contributed by atoms with van der Waals surface area (Å²) in [7, 11) is 1.42. The molecular formula is C24H19Cl2N3O5. The molecule has 0 aromatic heterocycles. The van der Waals surface area contributed by atoms with Crippen LogP contribution in [0.3, 0.4) is 0 Å². The number of amides is 2. The standard InChI is InChI=1S/C24H19Cl2N3O5/c1-14-3-6-16(7-4-14)24(32)34-20-10-5-15(11-21(20)33-2)13-27-29-23(31)22(30)28-19-12-17(25)8-9-18(19)26/h3-13H,1-2H3,(H,28,30)(H,29,31). The summed E-state index contributed by atoms with van der Waals surface area (Å²) in [5.41, 5.74) is 4.25. The van der Waals surface area contributed by atoms with Crippen LogP contribution in [0.25, 0.3) is 0 Å². The van der Waals surface area contributed by atoms with Crippen LogP contribution >= 0.6 is 23.2 Å². The minimum atomic E-state index is -1.01. The number of carbonyl (C=O) groups is 3. The van der Waals surface area contributed by atoms with Crippen LogP contribution in [-0.2, 0) is 9.59 Å². The average molecular weight is 500 g/mol. The van der Waals surface area contributed by atoms with Crippen molar-refractivity contribution < 1.29 is 23.9 Å². The minimum absolute atomic E-state index is 0.193. The van der Waals surface area contributed by atoms with Crippen LogP contribution in [0.5, 0.6) is 11.5 Å². The molecule has 174 valence electrons. The maximum atomic E-state index is 12.4. The summed E-state index contributed by atoms with van der Waals surface area (Å²) in [4.78, 5) is 36.4. The molecule has 0 spiro atoms. The number of halogens is 2. The van der Waals surface area contributed by atoms with E-state index in [1.165, 1.54) is 31.5 Å². The summed E-state index contributed by atoms with van der Waals surface area (Å²) in [6, 6.07) is 16.1. The second-order valence-electron chi connectivity index (χ2n) is 6.94. The van der Waals surface area contributed by atoms with Crippen molar-refractivity contribution in [3.8, 4) is 11.5 Å². The quantitative estimate of drug-likeness (QED) is 0.169. The van der Waals surface area contributed by atoms with E-state index in [9.17, 15) is 14.4 Å². The lowest BCUT2D eigenvalue weighted by Gasteiger charge is -2.10. The number of nitrogens with zero attached hydrogens (tertiary/aromatic N) is 1. The molecule has 10 heteroatoms. The molecule has 0 bridgehead atoms. The molecular weight excluding hydrogens is 481 g/mol. The molecule has 0 unspecified atom stereocenters. The molecule has 0 atom stereocenters. The van der Waals surface area contributed by atoms with Crippen molar-refractivity contribution in [2.24, 2.45) is 5.10 Å². The zero-order valence-electron chi connectivity index (χ0n) is 18.1. The van der Waals surface area contributed by atoms with Crippen LogP contribution in [0.2, 0.25) is 10.0 Å². The van der Waals surface area contributed by atoms with Gasteiger partial charge in [-0.2, -0.15) is 5.10 Å². The highest BCUT2D eigenvalue weighted by Crippen LogP contribution is 2.28. The Kier molecular flexibility index (Phi) is 8.24. The Bertz CT molecular complexity index is 1260. The van der Waals surface area contributed by atoms with Crippen molar-refractivity contribution in [1.29, 1.82) is 0 Å². The molecule has 2 N–H and O–H groups in total. The number of hydrazone groups is 1. The molecule has 2 amide bonds. The zero-order valence-corrected chi connectivity index (χ0v) is 19.6. The summed E-state index contributed by atoms with van der Waals surface area (Å²) < 4.78 is 10.7. The first-order valence-corrected chi connectivity index (χ1v) is 10.6. The normalized spacial score (nSPS) is 10.6. The van der Waals surface area contributed by atoms with Crippen molar-refractivity contribution in [2.75, 3.05) is 12.4 Å². The summed E-state index contributed by atoms with van der Waals surface area (Å²) in [5.74, 6) is -2.02. The maximum Gasteiger partial charge on any atom is 0.343 e. The third kappa shape index (κ3) is 6.57. The zero-order chi connectivity index (χ0) is 24.7. The number of methoxy groups -OCH3 is 1. The van der Waals surface area contributed by atoms with Gasteiger partial charge in [0.2, 0.25) is 0 Å². The monoisotopic (exact) mass is 499 g/mol. The van der Waals surface area contributed by atoms with E-state index >= 15 is 0 Å². The second kappa shape index (κ2) is 11.3. The Labute approximate surface area is 205 Å². The van der Waals surface area contributed by atoms with E-state index in [2.05, 4.69) is 15.8 Å². The van der Waals surface area contributed by atoms with E-state index in [1.54, 1.807) is 30.3 Å². The van der Waals surface area contributed by atoms with E-state index in [-0.39, 0.29) is 22.2 Å². The van der Waals surface area contributed by atoms with Gasteiger partial charge < -0.3 is 14.8 Å². The molecule has 34 heavy (non-hydrogen) atoms. The lowest BCUT2D eigenvalue weighted by molar-refractivity contribution is -0.136. The second-order valence-corrected chi connectivity index (χ2v) is 7.79. The highest BCUT2D eigenvalue weighted by atomic mass is 35.5. The molecule has 0 aliphatic heterocycles.